The van der Waals surface area contributed by atoms with Crippen LogP contribution in [-0.2, 0) is 4.79 Å². The number of hydrogen-bond donors (Lipinski definition) is 1. The molecule has 26 heavy (non-hydrogen) atoms. The van der Waals surface area contributed by atoms with E-state index in [-0.39, 0.29) is 11.8 Å². The Balaban J connectivity index is 1.62. The first-order valence-electron chi connectivity index (χ1n) is 7.74. The summed E-state index contributed by atoms with van der Waals surface area (Å²) in [6, 6.07) is 17.4. The molecular formula is C19H12N2O2S3. The van der Waals surface area contributed by atoms with Crippen molar-refractivity contribution in [2.75, 3.05) is 0 Å². The topological polar surface area (TPSA) is 49.4 Å². The predicted molar refractivity (Wildman–Crippen MR) is 111 cm³/mol. The maximum Gasteiger partial charge on any atom is 0.285 e. The molecule has 4 nitrogen and oxygen atoms in total. The van der Waals surface area contributed by atoms with Gasteiger partial charge in [0.2, 0.25) is 0 Å². The van der Waals surface area contributed by atoms with Crippen LogP contribution in [0.25, 0.3) is 16.8 Å². The van der Waals surface area contributed by atoms with Crippen molar-refractivity contribution in [3.8, 4) is 0 Å². The Kier molecular flexibility index (Phi) is 4.58. The van der Waals surface area contributed by atoms with Crippen LogP contribution in [0.2, 0.25) is 0 Å². The molecule has 0 spiro atoms. The summed E-state index contributed by atoms with van der Waals surface area (Å²) in [6.07, 6.45) is 1.82. The fourth-order valence-electron chi connectivity index (χ4n) is 2.65. The molecule has 0 aliphatic carbocycles. The molecule has 0 bridgehead atoms. The Morgan fingerprint density at radius 3 is 2.69 bits per heavy atom. The molecule has 2 amide bonds. The van der Waals surface area contributed by atoms with Crippen LogP contribution in [0.15, 0.2) is 64.9 Å². The molecule has 2 aromatic carbocycles. The van der Waals surface area contributed by atoms with Crippen LogP contribution in [0.5, 0.6) is 0 Å². The lowest BCUT2D eigenvalue weighted by Crippen LogP contribution is -2.44. The van der Waals surface area contributed by atoms with E-state index in [1.54, 1.807) is 17.5 Å². The van der Waals surface area contributed by atoms with E-state index < -0.39 is 0 Å². The van der Waals surface area contributed by atoms with Gasteiger partial charge in [-0.2, -0.15) is 5.01 Å². The zero-order chi connectivity index (χ0) is 18.1. The summed E-state index contributed by atoms with van der Waals surface area (Å²) in [5.41, 5.74) is 3.52. The summed E-state index contributed by atoms with van der Waals surface area (Å²) in [4.78, 5) is 25.9. The maximum atomic E-state index is 12.7. The number of rotatable bonds is 3. The summed E-state index contributed by atoms with van der Waals surface area (Å²) in [5, 5.41) is 5.10. The van der Waals surface area contributed by atoms with E-state index in [9.17, 15) is 9.59 Å². The van der Waals surface area contributed by atoms with Crippen molar-refractivity contribution < 1.29 is 9.59 Å². The molecule has 3 aromatic rings. The van der Waals surface area contributed by atoms with Crippen LogP contribution in [0.3, 0.4) is 0 Å². The lowest BCUT2D eigenvalue weighted by atomic mass is 10.0. The quantitative estimate of drug-likeness (QED) is 0.525. The smallest absolute Gasteiger partial charge is 0.266 e. The van der Waals surface area contributed by atoms with Crippen molar-refractivity contribution in [3.05, 3.63) is 75.3 Å². The maximum absolute atomic E-state index is 12.7. The summed E-state index contributed by atoms with van der Waals surface area (Å²) in [5.74, 6) is -0.666. The van der Waals surface area contributed by atoms with Gasteiger partial charge in [0.05, 0.1) is 9.78 Å². The normalized spacial score (nSPS) is 15.8. The van der Waals surface area contributed by atoms with Gasteiger partial charge in [-0.1, -0.05) is 60.3 Å². The first-order chi connectivity index (χ1) is 12.6. The van der Waals surface area contributed by atoms with E-state index in [0.717, 1.165) is 21.3 Å². The summed E-state index contributed by atoms with van der Waals surface area (Å²) in [6.45, 7) is 0. The number of hydrazine groups is 1. The minimum absolute atomic E-state index is 0.311. The summed E-state index contributed by atoms with van der Waals surface area (Å²) >= 11 is 7.76. The third-order valence-corrected chi connectivity index (χ3v) is 6.03. The molecule has 2 heterocycles. The molecule has 0 radical (unpaired) electrons. The van der Waals surface area contributed by atoms with Gasteiger partial charge in [-0.25, -0.2) is 0 Å². The van der Waals surface area contributed by atoms with Gasteiger partial charge in [0.15, 0.2) is 4.32 Å². The highest BCUT2D eigenvalue weighted by Crippen LogP contribution is 2.33. The number of thioether (sulfide) groups is 1. The van der Waals surface area contributed by atoms with Crippen LogP contribution in [-0.4, -0.2) is 21.1 Å². The number of thiocarbonyl (C=S) groups is 1. The molecule has 7 heteroatoms. The molecule has 0 unspecified atom stereocenters. The number of thiophene rings is 1. The van der Waals surface area contributed by atoms with E-state index >= 15 is 0 Å². The Bertz CT molecular complexity index is 1050. The van der Waals surface area contributed by atoms with Gasteiger partial charge in [-0.05, 0) is 46.1 Å². The highest BCUT2D eigenvalue weighted by atomic mass is 32.2. The van der Waals surface area contributed by atoms with Crippen molar-refractivity contribution in [2.45, 2.75) is 0 Å². The molecule has 4 rings (SSSR count). The van der Waals surface area contributed by atoms with Gasteiger partial charge in [-0.15, -0.1) is 11.3 Å². The molecule has 128 valence electrons. The predicted octanol–water partition coefficient (Wildman–Crippen LogP) is 4.45. The molecule has 1 fully saturated rings. The van der Waals surface area contributed by atoms with Crippen LogP contribution < -0.4 is 5.43 Å². The van der Waals surface area contributed by atoms with Crippen molar-refractivity contribution in [1.82, 2.24) is 10.4 Å². The number of amides is 2. The summed E-state index contributed by atoms with van der Waals surface area (Å²) in [7, 11) is 0. The van der Waals surface area contributed by atoms with Crippen molar-refractivity contribution in [1.29, 1.82) is 0 Å². The van der Waals surface area contributed by atoms with Crippen LogP contribution >= 0.6 is 35.3 Å². The minimum atomic E-state index is -0.345. The Morgan fingerprint density at radius 1 is 1.08 bits per heavy atom. The minimum Gasteiger partial charge on any atom is -0.266 e. The second-order valence-electron chi connectivity index (χ2n) is 5.50. The van der Waals surface area contributed by atoms with Gasteiger partial charge in [-0.3, -0.25) is 15.0 Å². The monoisotopic (exact) mass is 396 g/mol. The number of carbonyl (C=O) groups excluding carboxylic acids is 2. The lowest BCUT2D eigenvalue weighted by molar-refractivity contribution is -0.123. The van der Waals surface area contributed by atoms with E-state index in [1.807, 2.05) is 48.5 Å². The zero-order valence-corrected chi connectivity index (χ0v) is 15.8. The first-order valence-corrected chi connectivity index (χ1v) is 9.84. The molecule has 1 aliphatic rings. The van der Waals surface area contributed by atoms with Crippen molar-refractivity contribution in [3.63, 3.8) is 0 Å². The lowest BCUT2D eigenvalue weighted by Gasteiger charge is -2.14. The molecule has 0 saturated carbocycles. The van der Waals surface area contributed by atoms with Gasteiger partial charge < -0.3 is 0 Å². The largest absolute Gasteiger partial charge is 0.285 e. The van der Waals surface area contributed by atoms with Gasteiger partial charge in [0, 0.05) is 0 Å². The number of benzene rings is 2. The average Bonchev–Trinajstić information content (AvgIpc) is 3.27. The fraction of sp³-hybridized carbons (Fsp3) is 0. The highest BCUT2D eigenvalue weighted by Gasteiger charge is 2.34. The average molecular weight is 397 g/mol. The van der Waals surface area contributed by atoms with Gasteiger partial charge in [0.25, 0.3) is 11.8 Å². The number of hydrogen-bond acceptors (Lipinski definition) is 5. The van der Waals surface area contributed by atoms with Gasteiger partial charge in [0.1, 0.15) is 0 Å². The second kappa shape index (κ2) is 7.03. The molecule has 1 aromatic heterocycles. The second-order valence-corrected chi connectivity index (χ2v) is 8.13. The number of carbonyl (C=O) groups is 2. The summed E-state index contributed by atoms with van der Waals surface area (Å²) < 4.78 is 0.311. The van der Waals surface area contributed by atoms with E-state index in [2.05, 4.69) is 5.43 Å². The number of nitrogens with one attached hydrogen (secondary N) is 1. The van der Waals surface area contributed by atoms with Crippen molar-refractivity contribution >= 4 is 68.3 Å². The van der Waals surface area contributed by atoms with Crippen molar-refractivity contribution in [2.24, 2.45) is 0 Å². The van der Waals surface area contributed by atoms with Crippen LogP contribution in [0.1, 0.15) is 15.2 Å². The third-order valence-electron chi connectivity index (χ3n) is 3.86. The third kappa shape index (κ3) is 3.16. The molecule has 1 aliphatic heterocycles. The zero-order valence-electron chi connectivity index (χ0n) is 13.3. The standard InChI is InChI=1S/C19H12N2O2S3/c22-17(15-9-4-10-25-15)20-21-18(23)16(26-19(21)24)11-13-7-3-6-12-5-1-2-8-14(12)13/h1-11H,(H,20,22)/b16-11+. The van der Waals surface area contributed by atoms with Gasteiger partial charge >= 0.3 is 0 Å². The van der Waals surface area contributed by atoms with E-state index in [0.29, 0.717) is 14.1 Å². The van der Waals surface area contributed by atoms with E-state index in [1.165, 1.54) is 23.1 Å². The molecular weight excluding hydrogens is 384 g/mol. The fourth-order valence-corrected chi connectivity index (χ4v) is 4.43. The first kappa shape index (κ1) is 17.0. The van der Waals surface area contributed by atoms with E-state index in [4.69, 9.17) is 12.2 Å². The molecule has 1 saturated heterocycles. The Hall–Kier alpha value is -2.48. The Labute approximate surface area is 163 Å². The van der Waals surface area contributed by atoms with Crippen LogP contribution in [0, 0.1) is 0 Å². The highest BCUT2D eigenvalue weighted by molar-refractivity contribution is 8.26. The number of fused-ring (bicyclic) bond motifs is 1. The molecule has 0 atom stereocenters. The molecule has 1 N–H and O–H groups in total. The number of nitrogens with zero attached hydrogens (tertiary/aromatic N) is 1. The van der Waals surface area contributed by atoms with Crippen LogP contribution in [0.4, 0.5) is 0 Å². The SMILES string of the molecule is O=C(NN1C(=O)/C(=C\c2cccc3ccccc23)SC1=S)c1cccs1. The Morgan fingerprint density at radius 2 is 1.88 bits per heavy atom.